The van der Waals surface area contributed by atoms with Gasteiger partial charge in [0.25, 0.3) is 0 Å². The van der Waals surface area contributed by atoms with E-state index >= 15 is 0 Å². The molecule has 76 valence electrons. The Kier molecular flexibility index (Phi) is 3.53. The molecule has 0 saturated heterocycles. The third-order valence-electron chi connectivity index (χ3n) is 2.26. The van der Waals surface area contributed by atoms with E-state index in [2.05, 4.69) is 0 Å². The number of aromatic hydroxyl groups is 1. The fourth-order valence-corrected chi connectivity index (χ4v) is 1.67. The summed E-state index contributed by atoms with van der Waals surface area (Å²) < 4.78 is 0. The van der Waals surface area contributed by atoms with Crippen LogP contribution in [0.25, 0.3) is 0 Å². The molecule has 0 aliphatic heterocycles. The monoisotopic (exact) mass is 212 g/mol. The van der Waals surface area contributed by atoms with Crippen molar-refractivity contribution >= 4 is 17.9 Å². The van der Waals surface area contributed by atoms with Crippen molar-refractivity contribution in [3.63, 3.8) is 0 Å². The first kappa shape index (κ1) is 11.1. The van der Waals surface area contributed by atoms with Crippen molar-refractivity contribution in [2.45, 2.75) is 26.7 Å². The van der Waals surface area contributed by atoms with Crippen LogP contribution in [0.2, 0.25) is 5.02 Å². The molecule has 1 aromatic carbocycles. The minimum Gasteiger partial charge on any atom is -0.506 e. The second-order valence-electron chi connectivity index (χ2n) is 3.36. The lowest BCUT2D eigenvalue weighted by Crippen LogP contribution is -1.94. The lowest BCUT2D eigenvalue weighted by atomic mass is 10.0. The number of halogens is 1. The molecule has 3 heteroatoms. The predicted molar refractivity (Wildman–Crippen MR) is 57.0 cm³/mol. The van der Waals surface area contributed by atoms with Gasteiger partial charge in [0.05, 0.1) is 5.02 Å². The summed E-state index contributed by atoms with van der Waals surface area (Å²) in [7, 11) is 0. The first-order chi connectivity index (χ1) is 6.57. The van der Waals surface area contributed by atoms with Crippen molar-refractivity contribution in [3.05, 3.63) is 27.8 Å². The van der Waals surface area contributed by atoms with Crippen molar-refractivity contribution in [2.24, 2.45) is 0 Å². The molecule has 0 fully saturated rings. The van der Waals surface area contributed by atoms with Gasteiger partial charge in [0.2, 0.25) is 0 Å². The molecule has 0 amide bonds. The average Bonchev–Trinajstić information content (AvgIpc) is 2.14. The van der Waals surface area contributed by atoms with E-state index in [9.17, 15) is 9.90 Å². The van der Waals surface area contributed by atoms with Gasteiger partial charge in [0.1, 0.15) is 12.0 Å². The Morgan fingerprint density at radius 3 is 2.64 bits per heavy atom. The third-order valence-corrected chi connectivity index (χ3v) is 2.74. The lowest BCUT2D eigenvalue weighted by Gasteiger charge is -2.10. The molecule has 0 aromatic heterocycles. The number of carbonyl (C=O) groups is 1. The van der Waals surface area contributed by atoms with E-state index in [1.165, 1.54) is 0 Å². The Hall–Kier alpha value is -1.02. The number of rotatable bonds is 3. The predicted octanol–water partition coefficient (Wildman–Crippen LogP) is 2.79. The highest BCUT2D eigenvalue weighted by molar-refractivity contribution is 6.32. The highest BCUT2D eigenvalue weighted by Gasteiger charge is 2.11. The maximum Gasteiger partial charge on any atom is 0.137 e. The number of benzene rings is 1. The minimum atomic E-state index is 0.117. The largest absolute Gasteiger partial charge is 0.506 e. The molecule has 0 aliphatic carbocycles. The van der Waals surface area contributed by atoms with Crippen LogP contribution in [0.15, 0.2) is 6.07 Å². The molecule has 0 aliphatic rings. The molecule has 1 rings (SSSR count). The number of aryl methyl sites for hydroxylation is 2. The summed E-state index contributed by atoms with van der Waals surface area (Å²) in [5.74, 6) is 0.117. The van der Waals surface area contributed by atoms with Gasteiger partial charge in [-0.25, -0.2) is 0 Å². The molecule has 1 aromatic rings. The van der Waals surface area contributed by atoms with Crippen LogP contribution in [0.4, 0.5) is 0 Å². The molecule has 1 N–H and O–H groups in total. The second-order valence-corrected chi connectivity index (χ2v) is 3.73. The Morgan fingerprint density at radius 1 is 1.43 bits per heavy atom. The summed E-state index contributed by atoms with van der Waals surface area (Å²) in [6.07, 6.45) is 1.79. The molecule has 0 heterocycles. The summed E-state index contributed by atoms with van der Waals surface area (Å²) in [6.45, 7) is 3.75. The van der Waals surface area contributed by atoms with E-state index in [0.717, 1.165) is 23.0 Å². The molecule has 2 nitrogen and oxygen atoms in total. The van der Waals surface area contributed by atoms with E-state index in [4.69, 9.17) is 11.6 Å². The minimum absolute atomic E-state index is 0.117. The highest BCUT2D eigenvalue weighted by Crippen LogP contribution is 2.33. The van der Waals surface area contributed by atoms with Crippen LogP contribution in [0.1, 0.15) is 23.1 Å². The third kappa shape index (κ3) is 2.07. The molecule has 14 heavy (non-hydrogen) atoms. The Balaban J connectivity index is 3.15. The lowest BCUT2D eigenvalue weighted by molar-refractivity contribution is -0.107. The van der Waals surface area contributed by atoms with Crippen molar-refractivity contribution in [1.29, 1.82) is 0 Å². The normalized spacial score (nSPS) is 10.2. The van der Waals surface area contributed by atoms with Gasteiger partial charge in [-0.2, -0.15) is 0 Å². The molecule has 0 bridgehead atoms. The fraction of sp³-hybridized carbons (Fsp3) is 0.364. The zero-order valence-corrected chi connectivity index (χ0v) is 9.06. The van der Waals surface area contributed by atoms with Crippen LogP contribution >= 0.6 is 11.6 Å². The SMILES string of the molecule is Cc1cc(C)c(CCC=O)c(O)c1Cl. The van der Waals surface area contributed by atoms with Gasteiger partial charge < -0.3 is 9.90 Å². The standard InChI is InChI=1S/C11H13ClO2/c1-7-6-8(2)10(12)11(14)9(7)4-3-5-13/h5-6,14H,3-4H2,1-2H3. The van der Waals surface area contributed by atoms with Gasteiger partial charge in [0.15, 0.2) is 0 Å². The molecule has 0 spiro atoms. The van der Waals surface area contributed by atoms with Crippen molar-refractivity contribution in [2.75, 3.05) is 0 Å². The fourth-order valence-electron chi connectivity index (χ4n) is 1.50. The molecular weight excluding hydrogens is 200 g/mol. The first-order valence-electron chi connectivity index (χ1n) is 4.49. The van der Waals surface area contributed by atoms with E-state index < -0.39 is 0 Å². The summed E-state index contributed by atoms with van der Waals surface area (Å²) >= 11 is 5.90. The van der Waals surface area contributed by atoms with Crippen molar-refractivity contribution < 1.29 is 9.90 Å². The number of aldehydes is 1. The maximum absolute atomic E-state index is 10.2. The van der Waals surface area contributed by atoms with Crippen LogP contribution in [-0.2, 0) is 11.2 Å². The zero-order valence-electron chi connectivity index (χ0n) is 8.30. The summed E-state index contributed by atoms with van der Waals surface area (Å²) in [4.78, 5) is 10.2. The Labute approximate surface area is 88.5 Å². The van der Waals surface area contributed by atoms with Crippen molar-refractivity contribution in [1.82, 2.24) is 0 Å². The van der Waals surface area contributed by atoms with E-state index in [1.54, 1.807) is 0 Å². The number of carbonyl (C=O) groups excluding carboxylic acids is 1. The van der Waals surface area contributed by atoms with Crippen LogP contribution in [-0.4, -0.2) is 11.4 Å². The molecule has 0 radical (unpaired) electrons. The number of phenols is 1. The Bertz CT molecular complexity index is 359. The summed E-state index contributed by atoms with van der Waals surface area (Å²) in [5.41, 5.74) is 2.61. The van der Waals surface area contributed by atoms with E-state index in [1.807, 2.05) is 19.9 Å². The van der Waals surface area contributed by atoms with Gasteiger partial charge >= 0.3 is 0 Å². The van der Waals surface area contributed by atoms with Gasteiger partial charge in [-0.1, -0.05) is 17.7 Å². The van der Waals surface area contributed by atoms with Gasteiger partial charge in [-0.3, -0.25) is 0 Å². The Morgan fingerprint density at radius 2 is 2.07 bits per heavy atom. The van der Waals surface area contributed by atoms with Crippen molar-refractivity contribution in [3.8, 4) is 5.75 Å². The van der Waals surface area contributed by atoms with Gasteiger partial charge in [-0.15, -0.1) is 0 Å². The molecular formula is C11H13ClO2. The molecule has 0 unspecified atom stereocenters. The zero-order chi connectivity index (χ0) is 10.7. The average molecular weight is 213 g/mol. The smallest absolute Gasteiger partial charge is 0.137 e. The van der Waals surface area contributed by atoms with Crippen LogP contribution < -0.4 is 0 Å². The van der Waals surface area contributed by atoms with Gasteiger partial charge in [0, 0.05) is 6.42 Å². The molecule has 0 atom stereocenters. The van der Waals surface area contributed by atoms with Gasteiger partial charge in [-0.05, 0) is 37.0 Å². The van der Waals surface area contributed by atoms with E-state index in [-0.39, 0.29) is 5.75 Å². The van der Waals surface area contributed by atoms with Crippen LogP contribution in [0.3, 0.4) is 0 Å². The van der Waals surface area contributed by atoms with Crippen LogP contribution in [0, 0.1) is 13.8 Å². The summed E-state index contributed by atoms with van der Waals surface area (Å²) in [6, 6.07) is 1.92. The highest BCUT2D eigenvalue weighted by atomic mass is 35.5. The van der Waals surface area contributed by atoms with E-state index in [0.29, 0.717) is 17.9 Å². The topological polar surface area (TPSA) is 37.3 Å². The first-order valence-corrected chi connectivity index (χ1v) is 4.87. The quantitative estimate of drug-likeness (QED) is 0.783. The summed E-state index contributed by atoms with van der Waals surface area (Å²) in [5, 5.41) is 10.1. The number of hydrogen-bond acceptors (Lipinski definition) is 2. The number of phenolic OH excluding ortho intramolecular Hbond substituents is 1. The molecule has 0 saturated carbocycles. The second kappa shape index (κ2) is 4.47. The maximum atomic E-state index is 10.2. The number of hydrogen-bond donors (Lipinski definition) is 1. The van der Waals surface area contributed by atoms with Crippen LogP contribution in [0.5, 0.6) is 5.75 Å².